The molecule has 1 saturated heterocycles. The molecule has 15 heteroatoms. The summed E-state index contributed by atoms with van der Waals surface area (Å²) in [6.45, 7) is 3.88. The van der Waals surface area contributed by atoms with Crippen LogP contribution in [0.1, 0.15) is 21.6 Å². The molecule has 0 radical (unpaired) electrons. The van der Waals surface area contributed by atoms with Crippen molar-refractivity contribution in [2.45, 2.75) is 12.7 Å². The van der Waals surface area contributed by atoms with E-state index in [1.807, 2.05) is 7.05 Å². The van der Waals surface area contributed by atoms with Crippen LogP contribution in [0.4, 0.5) is 29.1 Å². The second kappa shape index (κ2) is 11.5. The molecule has 0 spiro atoms. The van der Waals surface area contributed by atoms with Gasteiger partial charge in [0.25, 0.3) is 11.9 Å². The number of nitrogen functional groups attached to an aromatic ring is 1. The number of nitrogens with one attached hydrogen (secondary N) is 1. The second-order valence-corrected chi connectivity index (χ2v) is 9.32. The van der Waals surface area contributed by atoms with Gasteiger partial charge in [-0.05, 0) is 31.3 Å². The summed E-state index contributed by atoms with van der Waals surface area (Å²) < 4.78 is 63.0. The molecule has 0 aliphatic carbocycles. The number of ether oxygens (including phenoxy) is 1. The number of carbonyl (C=O) groups is 1. The van der Waals surface area contributed by atoms with Crippen molar-refractivity contribution in [2.75, 3.05) is 44.3 Å². The van der Waals surface area contributed by atoms with Crippen molar-refractivity contribution in [2.24, 2.45) is 0 Å². The summed E-state index contributed by atoms with van der Waals surface area (Å²) in [4.78, 5) is 28.9. The van der Waals surface area contributed by atoms with Gasteiger partial charge in [0.1, 0.15) is 11.6 Å². The number of hydrogen-bond acceptors (Lipinski definition) is 9. The highest BCUT2D eigenvalue weighted by molar-refractivity contribution is 6.05. The van der Waals surface area contributed by atoms with E-state index in [1.54, 1.807) is 6.07 Å². The molecule has 0 atom stereocenters. The summed E-state index contributed by atoms with van der Waals surface area (Å²) in [6.07, 6.45) is -0.279. The zero-order valence-electron chi connectivity index (χ0n) is 21.8. The maximum atomic E-state index is 15.1. The number of aromatic nitrogens is 5. The van der Waals surface area contributed by atoms with Crippen molar-refractivity contribution < 1.29 is 27.1 Å². The fourth-order valence-corrected chi connectivity index (χ4v) is 4.29. The fraction of sp³-hybridized carbons (Fsp3) is 0.269. The minimum atomic E-state index is -4.96. The number of benzene rings is 1. The van der Waals surface area contributed by atoms with Gasteiger partial charge in [-0.2, -0.15) is 23.0 Å². The molecule has 0 saturated carbocycles. The van der Waals surface area contributed by atoms with Crippen LogP contribution < -0.4 is 15.8 Å². The minimum absolute atomic E-state index is 0.0939. The molecular formula is C26H25F4N9O2. The van der Waals surface area contributed by atoms with Crippen LogP contribution in [0.25, 0.3) is 5.95 Å². The first-order chi connectivity index (χ1) is 19.6. The molecule has 41 heavy (non-hydrogen) atoms. The van der Waals surface area contributed by atoms with Gasteiger partial charge < -0.3 is 20.7 Å². The van der Waals surface area contributed by atoms with Crippen LogP contribution in [0.5, 0.6) is 11.5 Å². The first-order valence-corrected chi connectivity index (χ1v) is 12.5. The van der Waals surface area contributed by atoms with E-state index in [-0.39, 0.29) is 23.2 Å². The lowest BCUT2D eigenvalue weighted by molar-refractivity contribution is -0.143. The largest absolute Gasteiger partial charge is 0.454 e. The van der Waals surface area contributed by atoms with Crippen molar-refractivity contribution in [3.05, 3.63) is 77.8 Å². The van der Waals surface area contributed by atoms with Gasteiger partial charge in [-0.1, -0.05) is 0 Å². The number of rotatable bonds is 7. The third-order valence-corrected chi connectivity index (χ3v) is 6.46. The van der Waals surface area contributed by atoms with Crippen LogP contribution in [-0.4, -0.2) is 73.7 Å². The molecule has 3 N–H and O–H groups in total. The lowest BCUT2D eigenvalue weighted by atomic mass is 10.2. The van der Waals surface area contributed by atoms with Crippen molar-refractivity contribution in [1.29, 1.82) is 0 Å². The van der Waals surface area contributed by atoms with Crippen LogP contribution in [-0.2, 0) is 12.7 Å². The average Bonchev–Trinajstić information content (AvgIpc) is 3.40. The summed E-state index contributed by atoms with van der Waals surface area (Å²) in [5.41, 5.74) is 4.46. The summed E-state index contributed by atoms with van der Waals surface area (Å²) in [5.74, 6) is -1.96. The molecule has 1 fully saturated rings. The third kappa shape index (κ3) is 6.25. The van der Waals surface area contributed by atoms with Crippen LogP contribution in [0.2, 0.25) is 0 Å². The van der Waals surface area contributed by atoms with E-state index in [0.717, 1.165) is 38.4 Å². The molecular weight excluding hydrogens is 546 g/mol. The van der Waals surface area contributed by atoms with Gasteiger partial charge in [0.2, 0.25) is 0 Å². The third-order valence-electron chi connectivity index (χ3n) is 6.46. The SMILES string of the molecule is CN1CCN(Cc2c(Oc3ccc(NC(=O)c4cnn(-c5ncccn5)c4C(F)(F)F)cc3F)ccnc2N)CC1. The smallest absolute Gasteiger partial charge is 0.434 e. The fourth-order valence-electron chi connectivity index (χ4n) is 4.29. The number of likely N-dealkylation sites (N-methyl/N-ethyl adjacent to an activating group) is 1. The summed E-state index contributed by atoms with van der Waals surface area (Å²) in [5, 5.41) is 5.93. The Balaban J connectivity index is 1.34. The van der Waals surface area contributed by atoms with E-state index < -0.39 is 29.2 Å². The molecule has 3 aromatic heterocycles. The maximum Gasteiger partial charge on any atom is 0.434 e. The van der Waals surface area contributed by atoms with Gasteiger partial charge in [0.05, 0.1) is 17.3 Å². The van der Waals surface area contributed by atoms with E-state index in [4.69, 9.17) is 10.5 Å². The summed E-state index contributed by atoms with van der Waals surface area (Å²) in [6, 6.07) is 6.50. The van der Waals surface area contributed by atoms with E-state index >= 15 is 4.39 Å². The Kier molecular flexibility index (Phi) is 7.81. The predicted octanol–water partition coefficient (Wildman–Crippen LogP) is 3.59. The van der Waals surface area contributed by atoms with Gasteiger partial charge in [0.15, 0.2) is 17.3 Å². The number of alkyl halides is 3. The van der Waals surface area contributed by atoms with Crippen LogP contribution in [0.3, 0.4) is 0 Å². The average molecular weight is 572 g/mol. The number of nitrogens with two attached hydrogens (primary N) is 1. The molecule has 214 valence electrons. The van der Waals surface area contributed by atoms with Crippen molar-refractivity contribution in [3.8, 4) is 17.4 Å². The number of halogens is 4. The normalized spacial score (nSPS) is 14.7. The first-order valence-electron chi connectivity index (χ1n) is 12.5. The quantitative estimate of drug-likeness (QED) is 0.320. The van der Waals surface area contributed by atoms with Gasteiger partial charge in [-0.3, -0.25) is 9.69 Å². The Morgan fingerprint density at radius 3 is 2.46 bits per heavy atom. The number of hydrogen-bond donors (Lipinski definition) is 2. The topological polar surface area (TPSA) is 127 Å². The molecule has 4 heterocycles. The molecule has 11 nitrogen and oxygen atoms in total. The second-order valence-electron chi connectivity index (χ2n) is 9.32. The predicted molar refractivity (Wildman–Crippen MR) is 140 cm³/mol. The molecule has 0 unspecified atom stereocenters. The zero-order chi connectivity index (χ0) is 29.1. The molecule has 0 bridgehead atoms. The first kappa shape index (κ1) is 27.9. The van der Waals surface area contributed by atoms with Crippen LogP contribution >= 0.6 is 0 Å². The van der Waals surface area contributed by atoms with Gasteiger partial charge in [-0.15, -0.1) is 0 Å². The number of carbonyl (C=O) groups excluding carboxylic acids is 1. The number of amides is 1. The van der Waals surface area contributed by atoms with Crippen molar-refractivity contribution in [1.82, 2.24) is 34.5 Å². The molecule has 1 amide bonds. The maximum absolute atomic E-state index is 15.1. The highest BCUT2D eigenvalue weighted by Crippen LogP contribution is 2.34. The lowest BCUT2D eigenvalue weighted by Gasteiger charge is -2.32. The Bertz CT molecular complexity index is 1540. The number of nitrogens with zero attached hydrogens (tertiary/aromatic N) is 7. The Hall–Kier alpha value is -4.63. The minimum Gasteiger partial charge on any atom is -0.454 e. The highest BCUT2D eigenvalue weighted by atomic mass is 19.4. The van der Waals surface area contributed by atoms with E-state index in [0.29, 0.717) is 22.5 Å². The van der Waals surface area contributed by atoms with E-state index in [2.05, 4.69) is 35.2 Å². The summed E-state index contributed by atoms with van der Waals surface area (Å²) >= 11 is 0. The highest BCUT2D eigenvalue weighted by Gasteiger charge is 2.41. The van der Waals surface area contributed by atoms with E-state index in [9.17, 15) is 18.0 Å². The Labute approximate surface area is 231 Å². The zero-order valence-corrected chi connectivity index (χ0v) is 21.8. The Morgan fingerprint density at radius 1 is 1.05 bits per heavy atom. The number of anilines is 2. The van der Waals surface area contributed by atoms with Crippen LogP contribution in [0, 0.1) is 5.82 Å². The number of pyridine rings is 1. The summed E-state index contributed by atoms with van der Waals surface area (Å²) in [7, 11) is 2.04. The van der Waals surface area contributed by atoms with Gasteiger partial charge in [0, 0.05) is 63.1 Å². The van der Waals surface area contributed by atoms with Gasteiger partial charge in [-0.25, -0.2) is 19.3 Å². The van der Waals surface area contributed by atoms with E-state index in [1.165, 1.54) is 36.8 Å². The standard InChI is InChI=1S/C26H25F4N9O2/c1-37-9-11-38(12-10-37)15-18-20(5-8-32-23(18)31)41-21-4-3-16(13-19(21)27)36-24(40)17-14-35-39(22(17)26(28,29)30)25-33-6-2-7-34-25/h2-8,13-14H,9-12,15H2,1H3,(H2,31,32)(H,36,40). The van der Waals surface area contributed by atoms with Crippen LogP contribution in [0.15, 0.2) is 55.1 Å². The lowest BCUT2D eigenvalue weighted by Crippen LogP contribution is -2.44. The molecule has 1 aliphatic rings. The van der Waals surface area contributed by atoms with Gasteiger partial charge >= 0.3 is 6.18 Å². The molecule has 1 aliphatic heterocycles. The Morgan fingerprint density at radius 2 is 1.78 bits per heavy atom. The van der Waals surface area contributed by atoms with Crippen molar-refractivity contribution >= 4 is 17.4 Å². The molecule has 1 aromatic carbocycles. The van der Waals surface area contributed by atoms with Crippen molar-refractivity contribution in [3.63, 3.8) is 0 Å². The number of piperazine rings is 1. The molecule has 4 aromatic rings. The monoisotopic (exact) mass is 571 g/mol. The molecule has 5 rings (SSSR count).